The van der Waals surface area contributed by atoms with E-state index in [9.17, 15) is 9.18 Å². The number of rotatable bonds is 7. The number of amides is 1. The molecule has 0 saturated carbocycles. The van der Waals surface area contributed by atoms with Crippen molar-refractivity contribution in [2.45, 2.75) is 38.6 Å². The van der Waals surface area contributed by atoms with Gasteiger partial charge in [0.2, 0.25) is 5.91 Å². The molecule has 2 aromatic carbocycles. The summed E-state index contributed by atoms with van der Waals surface area (Å²) in [5, 5.41) is 2.95. The minimum absolute atomic E-state index is 0.0682. The molecule has 1 aliphatic rings. The Kier molecular flexibility index (Phi) is 6.82. The SMILES string of the molecule is COc1ccc(CCC(=O)Nc2cccc(CN3CCCCC3)c2)cc1F. The first-order valence-corrected chi connectivity index (χ1v) is 9.57. The van der Waals surface area contributed by atoms with Crippen LogP contribution in [-0.2, 0) is 17.8 Å². The molecule has 1 fully saturated rings. The van der Waals surface area contributed by atoms with E-state index < -0.39 is 5.82 Å². The van der Waals surface area contributed by atoms with Crippen molar-refractivity contribution in [3.05, 3.63) is 59.4 Å². The molecular weight excluding hydrogens is 343 g/mol. The molecule has 0 unspecified atom stereocenters. The summed E-state index contributed by atoms with van der Waals surface area (Å²) in [5.41, 5.74) is 2.81. The average Bonchev–Trinajstić information content (AvgIpc) is 2.67. The molecule has 1 saturated heterocycles. The highest BCUT2D eigenvalue weighted by atomic mass is 19.1. The maximum Gasteiger partial charge on any atom is 0.224 e. The van der Waals surface area contributed by atoms with E-state index in [0.29, 0.717) is 12.8 Å². The number of nitrogens with zero attached hydrogens (tertiary/aromatic N) is 1. The molecule has 0 aromatic heterocycles. The predicted octanol–water partition coefficient (Wildman–Crippen LogP) is 4.39. The maximum absolute atomic E-state index is 13.7. The highest BCUT2D eigenvalue weighted by Crippen LogP contribution is 2.19. The standard InChI is InChI=1S/C22H27FN2O2/c1-27-21-10-8-17(15-20(21)23)9-11-22(26)24-19-7-5-6-18(14-19)16-25-12-3-2-4-13-25/h5-8,10,14-15H,2-4,9,11-13,16H2,1H3,(H,24,26). The summed E-state index contributed by atoms with van der Waals surface area (Å²) in [6.07, 6.45) is 4.65. The Morgan fingerprint density at radius 2 is 1.93 bits per heavy atom. The molecule has 1 N–H and O–H groups in total. The van der Waals surface area contributed by atoms with Gasteiger partial charge in [-0.2, -0.15) is 0 Å². The van der Waals surface area contributed by atoms with Crippen molar-refractivity contribution in [1.82, 2.24) is 4.90 Å². The predicted molar refractivity (Wildman–Crippen MR) is 105 cm³/mol. The molecule has 0 bridgehead atoms. The van der Waals surface area contributed by atoms with E-state index in [-0.39, 0.29) is 11.7 Å². The van der Waals surface area contributed by atoms with Gasteiger partial charge in [0, 0.05) is 18.7 Å². The van der Waals surface area contributed by atoms with Gasteiger partial charge in [-0.1, -0.05) is 24.6 Å². The number of benzene rings is 2. The summed E-state index contributed by atoms with van der Waals surface area (Å²) in [4.78, 5) is 14.7. The number of piperidine rings is 1. The zero-order chi connectivity index (χ0) is 19.1. The van der Waals surface area contributed by atoms with E-state index in [0.717, 1.165) is 30.9 Å². The summed E-state index contributed by atoms with van der Waals surface area (Å²) >= 11 is 0. The normalized spacial score (nSPS) is 14.7. The fraction of sp³-hybridized carbons (Fsp3) is 0.409. The molecule has 2 aromatic rings. The van der Waals surface area contributed by atoms with Crippen molar-refractivity contribution >= 4 is 11.6 Å². The molecule has 4 nitrogen and oxygen atoms in total. The molecule has 144 valence electrons. The van der Waals surface area contributed by atoms with E-state index >= 15 is 0 Å². The number of likely N-dealkylation sites (tertiary alicyclic amines) is 1. The largest absolute Gasteiger partial charge is 0.494 e. The van der Waals surface area contributed by atoms with Crippen LogP contribution in [0.3, 0.4) is 0 Å². The zero-order valence-corrected chi connectivity index (χ0v) is 15.8. The van der Waals surface area contributed by atoms with Crippen LogP contribution in [0, 0.1) is 5.82 Å². The second-order valence-electron chi connectivity index (χ2n) is 7.05. The smallest absolute Gasteiger partial charge is 0.224 e. The fourth-order valence-electron chi connectivity index (χ4n) is 3.47. The van der Waals surface area contributed by atoms with Gasteiger partial charge in [0.15, 0.2) is 11.6 Å². The molecular formula is C22H27FN2O2. The van der Waals surface area contributed by atoms with Crippen LogP contribution < -0.4 is 10.1 Å². The number of carbonyl (C=O) groups excluding carboxylic acids is 1. The zero-order valence-electron chi connectivity index (χ0n) is 15.8. The van der Waals surface area contributed by atoms with E-state index in [1.54, 1.807) is 12.1 Å². The number of anilines is 1. The van der Waals surface area contributed by atoms with Gasteiger partial charge in [-0.25, -0.2) is 4.39 Å². The van der Waals surface area contributed by atoms with Crippen LogP contribution in [0.4, 0.5) is 10.1 Å². The van der Waals surface area contributed by atoms with Crippen molar-refractivity contribution in [2.75, 3.05) is 25.5 Å². The maximum atomic E-state index is 13.7. The Morgan fingerprint density at radius 1 is 1.11 bits per heavy atom. The Morgan fingerprint density at radius 3 is 2.67 bits per heavy atom. The molecule has 1 heterocycles. The van der Waals surface area contributed by atoms with Gasteiger partial charge in [0.05, 0.1) is 7.11 Å². The number of hydrogen-bond donors (Lipinski definition) is 1. The van der Waals surface area contributed by atoms with Crippen molar-refractivity contribution in [3.63, 3.8) is 0 Å². The Labute approximate surface area is 160 Å². The highest BCUT2D eigenvalue weighted by Gasteiger charge is 2.11. The Hall–Kier alpha value is -2.40. The Balaban J connectivity index is 1.51. The lowest BCUT2D eigenvalue weighted by Crippen LogP contribution is -2.29. The number of hydrogen-bond acceptors (Lipinski definition) is 3. The van der Waals surface area contributed by atoms with Crippen LogP contribution in [0.2, 0.25) is 0 Å². The molecule has 0 spiro atoms. The fourth-order valence-corrected chi connectivity index (χ4v) is 3.47. The number of carbonyl (C=O) groups is 1. The van der Waals surface area contributed by atoms with Crippen LogP contribution in [0.1, 0.15) is 36.8 Å². The number of methoxy groups -OCH3 is 1. The Bertz CT molecular complexity index is 773. The summed E-state index contributed by atoms with van der Waals surface area (Å²) in [6.45, 7) is 3.22. The summed E-state index contributed by atoms with van der Waals surface area (Å²) < 4.78 is 18.6. The van der Waals surface area contributed by atoms with Gasteiger partial charge in [-0.3, -0.25) is 9.69 Å². The number of nitrogens with one attached hydrogen (secondary N) is 1. The quantitative estimate of drug-likeness (QED) is 0.786. The molecule has 5 heteroatoms. The number of ether oxygens (including phenoxy) is 1. The van der Waals surface area contributed by atoms with E-state index in [4.69, 9.17) is 4.74 Å². The second kappa shape index (κ2) is 9.51. The van der Waals surface area contributed by atoms with Crippen LogP contribution in [0.25, 0.3) is 0 Å². The van der Waals surface area contributed by atoms with E-state index in [2.05, 4.69) is 16.3 Å². The summed E-state index contributed by atoms with van der Waals surface area (Å²) in [6, 6.07) is 12.8. The number of halogens is 1. The summed E-state index contributed by atoms with van der Waals surface area (Å²) in [7, 11) is 1.44. The van der Waals surface area contributed by atoms with Crippen molar-refractivity contribution < 1.29 is 13.9 Å². The molecule has 0 atom stereocenters. The van der Waals surface area contributed by atoms with Gasteiger partial charge in [-0.05, 0) is 67.7 Å². The lowest BCUT2D eigenvalue weighted by atomic mass is 10.1. The van der Waals surface area contributed by atoms with Gasteiger partial charge < -0.3 is 10.1 Å². The van der Waals surface area contributed by atoms with Crippen LogP contribution >= 0.6 is 0 Å². The van der Waals surface area contributed by atoms with Crippen molar-refractivity contribution in [1.29, 1.82) is 0 Å². The molecule has 1 amide bonds. The minimum Gasteiger partial charge on any atom is -0.494 e. The first-order valence-electron chi connectivity index (χ1n) is 9.57. The third kappa shape index (κ3) is 5.79. The number of aryl methyl sites for hydroxylation is 1. The third-order valence-corrected chi connectivity index (χ3v) is 4.92. The molecule has 3 rings (SSSR count). The van der Waals surface area contributed by atoms with Crippen molar-refractivity contribution in [3.8, 4) is 5.75 Å². The van der Waals surface area contributed by atoms with Gasteiger partial charge >= 0.3 is 0 Å². The highest BCUT2D eigenvalue weighted by molar-refractivity contribution is 5.90. The molecule has 0 radical (unpaired) electrons. The summed E-state index contributed by atoms with van der Waals surface area (Å²) in [5.74, 6) is -0.254. The monoisotopic (exact) mass is 370 g/mol. The molecule has 27 heavy (non-hydrogen) atoms. The molecule has 0 aliphatic carbocycles. The first-order chi connectivity index (χ1) is 13.1. The van der Waals surface area contributed by atoms with Crippen LogP contribution in [0.15, 0.2) is 42.5 Å². The topological polar surface area (TPSA) is 41.6 Å². The van der Waals surface area contributed by atoms with Gasteiger partial charge in [-0.15, -0.1) is 0 Å². The second-order valence-corrected chi connectivity index (χ2v) is 7.05. The van der Waals surface area contributed by atoms with E-state index in [1.807, 2.05) is 18.2 Å². The lowest BCUT2D eigenvalue weighted by molar-refractivity contribution is -0.116. The third-order valence-electron chi connectivity index (χ3n) is 4.92. The first kappa shape index (κ1) is 19.4. The average molecular weight is 370 g/mol. The minimum atomic E-state index is -0.402. The van der Waals surface area contributed by atoms with Crippen molar-refractivity contribution in [2.24, 2.45) is 0 Å². The molecule has 1 aliphatic heterocycles. The van der Waals surface area contributed by atoms with Gasteiger partial charge in [0.25, 0.3) is 0 Å². The van der Waals surface area contributed by atoms with Crippen LogP contribution in [-0.4, -0.2) is 31.0 Å². The van der Waals surface area contributed by atoms with Gasteiger partial charge in [0.1, 0.15) is 0 Å². The van der Waals surface area contributed by atoms with E-state index in [1.165, 1.54) is 38.0 Å². The van der Waals surface area contributed by atoms with Crippen LogP contribution in [0.5, 0.6) is 5.75 Å². The lowest BCUT2D eigenvalue weighted by Gasteiger charge is -2.26.